The largest absolute Gasteiger partial charge is 0.355 e. The number of aryl methyl sites for hydroxylation is 4. The monoisotopic (exact) mass is 487 g/mol. The molecule has 1 amide bonds. The van der Waals surface area contributed by atoms with Crippen LogP contribution >= 0.6 is 0 Å². The Bertz CT molecular complexity index is 1170. The zero-order valence-corrected chi connectivity index (χ0v) is 22.2. The molecule has 2 aromatic rings. The first-order valence-corrected chi connectivity index (χ1v) is 13.3. The molecule has 34 heavy (non-hydrogen) atoms. The highest BCUT2D eigenvalue weighted by Crippen LogP contribution is 2.30. The number of aromatic nitrogens is 1. The van der Waals surface area contributed by atoms with Crippen molar-refractivity contribution in [1.29, 1.82) is 0 Å². The van der Waals surface area contributed by atoms with Gasteiger partial charge in [-0.1, -0.05) is 35.9 Å². The van der Waals surface area contributed by atoms with Gasteiger partial charge < -0.3 is 9.84 Å². The van der Waals surface area contributed by atoms with E-state index in [-0.39, 0.29) is 34.6 Å². The molecule has 0 bridgehead atoms. The van der Waals surface area contributed by atoms with Gasteiger partial charge in [-0.3, -0.25) is 4.79 Å². The average molecular weight is 488 g/mol. The van der Waals surface area contributed by atoms with Crippen LogP contribution in [0.5, 0.6) is 0 Å². The normalized spacial score (nSPS) is 17.9. The fourth-order valence-electron chi connectivity index (χ4n) is 4.44. The SMILES string of the molecule is CCC(C)(C)NC(=O)C1CCCN(S(=O)(=O)c2c(C)noc2/C=C/c2c(C)cc(C)cc2C)C1. The minimum atomic E-state index is -3.88. The van der Waals surface area contributed by atoms with Gasteiger partial charge in [-0.2, -0.15) is 4.31 Å². The summed E-state index contributed by atoms with van der Waals surface area (Å²) in [6.07, 6.45) is 5.64. The van der Waals surface area contributed by atoms with Crippen molar-refractivity contribution in [3.05, 3.63) is 45.8 Å². The summed E-state index contributed by atoms with van der Waals surface area (Å²) in [5.41, 5.74) is 4.40. The van der Waals surface area contributed by atoms with Crippen LogP contribution in [0, 0.1) is 33.6 Å². The Balaban J connectivity index is 1.88. The molecule has 1 aromatic carbocycles. The summed E-state index contributed by atoms with van der Waals surface area (Å²) in [7, 11) is -3.88. The molecule has 8 heteroatoms. The number of nitrogens with one attached hydrogen (secondary N) is 1. The van der Waals surface area contributed by atoms with Crippen LogP contribution in [0.25, 0.3) is 12.2 Å². The molecule has 0 aliphatic carbocycles. The van der Waals surface area contributed by atoms with E-state index in [1.54, 1.807) is 13.0 Å². The average Bonchev–Trinajstić information content (AvgIpc) is 3.14. The molecule has 3 rings (SSSR count). The van der Waals surface area contributed by atoms with Gasteiger partial charge in [-0.25, -0.2) is 8.42 Å². The fraction of sp³-hybridized carbons (Fsp3) is 0.538. The third-order valence-electron chi connectivity index (χ3n) is 6.67. The maximum Gasteiger partial charge on any atom is 0.248 e. The van der Waals surface area contributed by atoms with E-state index < -0.39 is 10.0 Å². The molecule has 1 N–H and O–H groups in total. The van der Waals surface area contributed by atoms with E-state index in [0.29, 0.717) is 25.1 Å². The maximum atomic E-state index is 13.6. The lowest BCUT2D eigenvalue weighted by Crippen LogP contribution is -2.50. The van der Waals surface area contributed by atoms with Crippen LogP contribution in [0.3, 0.4) is 0 Å². The number of nitrogens with zero attached hydrogens (tertiary/aromatic N) is 2. The smallest absolute Gasteiger partial charge is 0.248 e. The predicted molar refractivity (Wildman–Crippen MR) is 135 cm³/mol. The molecule has 0 spiro atoms. The number of piperidine rings is 1. The van der Waals surface area contributed by atoms with Gasteiger partial charge in [-0.05, 0) is 83.6 Å². The molecule has 1 aromatic heterocycles. The zero-order valence-electron chi connectivity index (χ0n) is 21.4. The van der Waals surface area contributed by atoms with E-state index >= 15 is 0 Å². The van der Waals surface area contributed by atoms with Crippen LogP contribution < -0.4 is 5.32 Å². The Labute approximate surface area is 203 Å². The number of hydrogen-bond donors (Lipinski definition) is 1. The lowest BCUT2D eigenvalue weighted by atomic mass is 9.95. The van der Waals surface area contributed by atoms with Gasteiger partial charge in [0, 0.05) is 18.6 Å². The topological polar surface area (TPSA) is 92.5 Å². The van der Waals surface area contributed by atoms with Crippen molar-refractivity contribution in [1.82, 2.24) is 14.8 Å². The zero-order chi connectivity index (χ0) is 25.3. The number of hydrogen-bond acceptors (Lipinski definition) is 5. The van der Waals surface area contributed by atoms with Crippen LogP contribution in [-0.4, -0.2) is 42.4 Å². The first-order valence-electron chi connectivity index (χ1n) is 11.9. The summed E-state index contributed by atoms with van der Waals surface area (Å²) in [5.74, 6) is -0.277. The Morgan fingerprint density at radius 3 is 2.47 bits per heavy atom. The molecule has 1 saturated heterocycles. The van der Waals surface area contributed by atoms with Gasteiger partial charge >= 0.3 is 0 Å². The molecule has 7 nitrogen and oxygen atoms in total. The number of sulfonamides is 1. The Kier molecular flexibility index (Phi) is 7.72. The summed E-state index contributed by atoms with van der Waals surface area (Å²) >= 11 is 0. The Hall–Kier alpha value is -2.45. The summed E-state index contributed by atoms with van der Waals surface area (Å²) in [6.45, 7) is 14.2. The number of benzene rings is 1. The lowest BCUT2D eigenvalue weighted by molar-refractivity contribution is -0.127. The molecule has 1 aliphatic heterocycles. The van der Waals surface area contributed by atoms with Crippen molar-refractivity contribution in [3.63, 3.8) is 0 Å². The van der Waals surface area contributed by atoms with Crippen molar-refractivity contribution in [2.24, 2.45) is 5.92 Å². The second kappa shape index (κ2) is 10.0. The molecule has 1 aliphatic rings. The lowest BCUT2D eigenvalue weighted by Gasteiger charge is -2.33. The molecular formula is C26H37N3O4S. The van der Waals surface area contributed by atoms with Crippen molar-refractivity contribution in [3.8, 4) is 0 Å². The van der Waals surface area contributed by atoms with Crippen LogP contribution in [0.1, 0.15) is 73.7 Å². The first kappa shape index (κ1) is 26.2. The van der Waals surface area contributed by atoms with E-state index in [4.69, 9.17) is 4.52 Å². The number of amides is 1. The molecule has 1 atom stereocenters. The molecule has 0 radical (unpaired) electrons. The summed E-state index contributed by atoms with van der Waals surface area (Å²) < 4.78 is 34.1. The van der Waals surface area contributed by atoms with Crippen LogP contribution in [-0.2, 0) is 14.8 Å². The predicted octanol–water partition coefficient (Wildman–Crippen LogP) is 4.78. The molecule has 186 valence electrons. The van der Waals surface area contributed by atoms with E-state index in [1.165, 1.54) is 9.87 Å². The highest BCUT2D eigenvalue weighted by atomic mass is 32.2. The van der Waals surface area contributed by atoms with Gasteiger partial charge in [0.15, 0.2) is 10.7 Å². The number of carbonyl (C=O) groups is 1. The van der Waals surface area contributed by atoms with Gasteiger partial charge in [0.2, 0.25) is 15.9 Å². The highest BCUT2D eigenvalue weighted by Gasteiger charge is 2.37. The van der Waals surface area contributed by atoms with Crippen molar-refractivity contribution < 1.29 is 17.7 Å². The van der Waals surface area contributed by atoms with Gasteiger partial charge in [-0.15, -0.1) is 0 Å². The minimum absolute atomic E-state index is 0.0705. The van der Waals surface area contributed by atoms with Crippen LogP contribution in [0.4, 0.5) is 0 Å². The van der Waals surface area contributed by atoms with Gasteiger partial charge in [0.1, 0.15) is 5.69 Å². The van der Waals surface area contributed by atoms with Crippen LogP contribution in [0.2, 0.25) is 0 Å². The van der Waals surface area contributed by atoms with Gasteiger partial charge in [0.05, 0.1) is 5.92 Å². The van der Waals surface area contributed by atoms with Crippen molar-refractivity contribution in [2.45, 2.75) is 78.2 Å². The number of carbonyl (C=O) groups excluding carboxylic acids is 1. The van der Waals surface area contributed by atoms with Gasteiger partial charge in [0.25, 0.3) is 0 Å². The van der Waals surface area contributed by atoms with Crippen LogP contribution in [0.15, 0.2) is 21.6 Å². The second-order valence-corrected chi connectivity index (χ2v) is 11.9. The molecule has 0 saturated carbocycles. The standard InChI is InChI=1S/C26H37N3O4S/c1-8-26(6,7)27-25(30)21-10-9-13-29(16-21)34(31,32)24-20(5)28-33-23(24)12-11-22-18(3)14-17(2)15-19(22)4/h11-12,14-15,21H,8-10,13,16H2,1-7H3,(H,27,30)/b12-11+. The Morgan fingerprint density at radius 1 is 1.21 bits per heavy atom. The first-order chi connectivity index (χ1) is 15.9. The molecule has 1 fully saturated rings. The summed E-state index contributed by atoms with van der Waals surface area (Å²) in [5, 5.41) is 7.01. The maximum absolute atomic E-state index is 13.6. The summed E-state index contributed by atoms with van der Waals surface area (Å²) in [6, 6.07) is 4.18. The highest BCUT2D eigenvalue weighted by molar-refractivity contribution is 7.89. The van der Waals surface area contributed by atoms with Crippen molar-refractivity contribution in [2.75, 3.05) is 13.1 Å². The number of rotatable bonds is 7. The van der Waals surface area contributed by atoms with E-state index in [2.05, 4.69) is 22.6 Å². The van der Waals surface area contributed by atoms with Crippen molar-refractivity contribution >= 4 is 28.1 Å². The molecular weight excluding hydrogens is 450 g/mol. The second-order valence-electron chi connectivity index (χ2n) is 10.0. The molecule has 1 unspecified atom stereocenters. The molecule has 2 heterocycles. The van der Waals surface area contributed by atoms with E-state index in [9.17, 15) is 13.2 Å². The summed E-state index contributed by atoms with van der Waals surface area (Å²) in [4.78, 5) is 12.9. The quantitative estimate of drug-likeness (QED) is 0.606. The third-order valence-corrected chi connectivity index (χ3v) is 8.69. The van der Waals surface area contributed by atoms with E-state index in [0.717, 1.165) is 23.1 Å². The Morgan fingerprint density at radius 2 is 1.85 bits per heavy atom. The third kappa shape index (κ3) is 5.61. The van der Waals surface area contributed by atoms with E-state index in [1.807, 2.05) is 47.6 Å². The fourth-order valence-corrected chi connectivity index (χ4v) is 6.21. The minimum Gasteiger partial charge on any atom is -0.355 e.